The van der Waals surface area contributed by atoms with Crippen molar-refractivity contribution in [2.45, 2.75) is 32.2 Å². The van der Waals surface area contributed by atoms with E-state index in [1.54, 1.807) is 37.3 Å². The minimum Gasteiger partial charge on any atom is -0.466 e. The Bertz CT molecular complexity index is 1220. The third-order valence-corrected chi connectivity index (χ3v) is 6.14. The summed E-state index contributed by atoms with van der Waals surface area (Å²) in [5.41, 5.74) is 0.775. The zero-order chi connectivity index (χ0) is 22.0. The standard InChI is InChI=1S/C21H20N4O5S/c1-2-30-20(28)13-8-9-14-16(13)17-18(31-14)22-11-25(19(17)27)10-15(26)24-21(29)23-12-6-4-3-5-7-12/h3-7,11,13H,2,8-10H2,1H3,(H2,23,24,26,29). The summed E-state index contributed by atoms with van der Waals surface area (Å²) in [6, 6.07) is 7.98. The van der Waals surface area contributed by atoms with Crippen LogP contribution in [0, 0.1) is 0 Å². The number of esters is 1. The number of hydrogen-bond acceptors (Lipinski definition) is 7. The van der Waals surface area contributed by atoms with Gasteiger partial charge in [0, 0.05) is 10.6 Å². The van der Waals surface area contributed by atoms with Crippen LogP contribution in [0.2, 0.25) is 0 Å². The number of nitrogens with zero attached hydrogens (tertiary/aromatic N) is 2. The summed E-state index contributed by atoms with van der Waals surface area (Å²) in [5, 5.41) is 5.08. The van der Waals surface area contributed by atoms with Gasteiger partial charge in [-0.25, -0.2) is 9.78 Å². The largest absolute Gasteiger partial charge is 0.466 e. The lowest BCUT2D eigenvalue weighted by molar-refractivity contribution is -0.144. The van der Waals surface area contributed by atoms with E-state index in [2.05, 4.69) is 15.6 Å². The number of urea groups is 1. The molecule has 31 heavy (non-hydrogen) atoms. The van der Waals surface area contributed by atoms with Crippen LogP contribution >= 0.6 is 11.3 Å². The van der Waals surface area contributed by atoms with Gasteiger partial charge in [-0.1, -0.05) is 18.2 Å². The summed E-state index contributed by atoms with van der Waals surface area (Å²) in [6.07, 6.45) is 2.55. The number of aryl methyl sites for hydroxylation is 1. The molecule has 1 aromatic carbocycles. The van der Waals surface area contributed by atoms with Crippen molar-refractivity contribution in [3.05, 3.63) is 57.5 Å². The van der Waals surface area contributed by atoms with Crippen LogP contribution in [-0.4, -0.2) is 34.1 Å². The van der Waals surface area contributed by atoms with Crippen molar-refractivity contribution in [1.82, 2.24) is 14.9 Å². The van der Waals surface area contributed by atoms with Crippen LogP contribution in [-0.2, 0) is 27.3 Å². The molecule has 0 fully saturated rings. The summed E-state index contributed by atoms with van der Waals surface area (Å²) in [4.78, 5) is 55.5. The van der Waals surface area contributed by atoms with Crippen LogP contribution in [0.1, 0.15) is 29.7 Å². The quantitative estimate of drug-likeness (QED) is 0.588. The van der Waals surface area contributed by atoms with E-state index in [4.69, 9.17) is 4.74 Å². The molecule has 0 saturated heterocycles. The molecular formula is C21H20N4O5S. The predicted octanol–water partition coefficient (Wildman–Crippen LogP) is 2.40. The van der Waals surface area contributed by atoms with Crippen molar-refractivity contribution in [3.63, 3.8) is 0 Å². The normalized spacial score (nSPS) is 14.8. The lowest BCUT2D eigenvalue weighted by Crippen LogP contribution is -2.38. The number of hydrogen-bond donors (Lipinski definition) is 2. The molecule has 2 heterocycles. The van der Waals surface area contributed by atoms with Gasteiger partial charge in [0.1, 0.15) is 11.4 Å². The van der Waals surface area contributed by atoms with Crippen LogP contribution in [0.15, 0.2) is 41.5 Å². The number of carbonyl (C=O) groups excluding carboxylic acids is 3. The van der Waals surface area contributed by atoms with Crippen molar-refractivity contribution < 1.29 is 19.1 Å². The van der Waals surface area contributed by atoms with Crippen molar-refractivity contribution in [2.75, 3.05) is 11.9 Å². The molecule has 4 rings (SSSR count). The second-order valence-corrected chi connectivity index (χ2v) is 8.09. The number of rotatable bonds is 5. The smallest absolute Gasteiger partial charge is 0.325 e. The Morgan fingerprint density at radius 1 is 1.26 bits per heavy atom. The van der Waals surface area contributed by atoms with Gasteiger partial charge < -0.3 is 10.1 Å². The molecule has 0 radical (unpaired) electrons. The number of carbonyl (C=O) groups is 3. The first kappa shape index (κ1) is 20.7. The number of nitrogens with one attached hydrogen (secondary N) is 2. The zero-order valence-corrected chi connectivity index (χ0v) is 17.5. The van der Waals surface area contributed by atoms with Crippen LogP contribution in [0.3, 0.4) is 0 Å². The van der Waals surface area contributed by atoms with Gasteiger partial charge in [0.25, 0.3) is 5.56 Å². The minimum absolute atomic E-state index is 0.264. The molecule has 1 aliphatic carbocycles. The lowest BCUT2D eigenvalue weighted by Gasteiger charge is -2.11. The van der Waals surface area contributed by atoms with Gasteiger partial charge in [0.05, 0.1) is 24.2 Å². The van der Waals surface area contributed by atoms with Gasteiger partial charge >= 0.3 is 12.0 Å². The monoisotopic (exact) mass is 440 g/mol. The lowest BCUT2D eigenvalue weighted by atomic mass is 10.0. The molecule has 1 aliphatic rings. The maximum absolute atomic E-state index is 13.1. The summed E-state index contributed by atoms with van der Waals surface area (Å²) in [7, 11) is 0. The molecule has 3 aromatic rings. The maximum atomic E-state index is 13.1. The molecule has 0 bridgehead atoms. The van der Waals surface area contributed by atoms with Crippen LogP contribution in [0.5, 0.6) is 0 Å². The van der Waals surface area contributed by atoms with Gasteiger partial charge in [-0.05, 0) is 37.5 Å². The molecule has 2 N–H and O–H groups in total. The average Bonchev–Trinajstić information content (AvgIpc) is 3.30. The highest BCUT2D eigenvalue weighted by Gasteiger charge is 2.35. The number of ether oxygens (including phenoxy) is 1. The first-order chi connectivity index (χ1) is 15.0. The van der Waals surface area contributed by atoms with Gasteiger partial charge in [-0.3, -0.25) is 24.3 Å². The van der Waals surface area contributed by atoms with Crippen molar-refractivity contribution >= 4 is 45.1 Å². The molecule has 0 aliphatic heterocycles. The number of amides is 3. The molecule has 0 spiro atoms. The van der Waals surface area contributed by atoms with Gasteiger partial charge in [0.15, 0.2) is 0 Å². The van der Waals surface area contributed by atoms with E-state index in [1.807, 2.05) is 0 Å². The van der Waals surface area contributed by atoms with E-state index >= 15 is 0 Å². The van der Waals surface area contributed by atoms with Crippen LogP contribution < -0.4 is 16.2 Å². The van der Waals surface area contributed by atoms with E-state index in [0.29, 0.717) is 34.3 Å². The molecule has 9 nitrogen and oxygen atoms in total. The fourth-order valence-corrected chi connectivity index (χ4v) is 4.87. The summed E-state index contributed by atoms with van der Waals surface area (Å²) in [5.74, 6) is -1.52. The second-order valence-electron chi connectivity index (χ2n) is 7.01. The highest BCUT2D eigenvalue weighted by molar-refractivity contribution is 7.18. The van der Waals surface area contributed by atoms with E-state index in [1.165, 1.54) is 17.7 Å². The maximum Gasteiger partial charge on any atom is 0.325 e. The Morgan fingerprint density at radius 3 is 2.77 bits per heavy atom. The predicted molar refractivity (Wildman–Crippen MR) is 115 cm³/mol. The molecule has 3 amide bonds. The first-order valence-corrected chi connectivity index (χ1v) is 10.6. The highest BCUT2D eigenvalue weighted by atomic mass is 32.1. The first-order valence-electron chi connectivity index (χ1n) is 9.81. The second kappa shape index (κ2) is 8.68. The molecular weight excluding hydrogens is 420 g/mol. The van der Waals surface area contributed by atoms with Crippen molar-refractivity contribution in [3.8, 4) is 0 Å². The number of para-hydroxylation sites is 1. The number of anilines is 1. The number of thiophene rings is 1. The van der Waals surface area contributed by atoms with Crippen LogP contribution in [0.4, 0.5) is 10.5 Å². The van der Waals surface area contributed by atoms with Gasteiger partial charge in [-0.15, -0.1) is 11.3 Å². The topological polar surface area (TPSA) is 119 Å². The molecule has 1 atom stereocenters. The summed E-state index contributed by atoms with van der Waals surface area (Å²) in [6.45, 7) is 1.62. The summed E-state index contributed by atoms with van der Waals surface area (Å²) < 4.78 is 6.30. The minimum atomic E-state index is -0.697. The third-order valence-electron chi connectivity index (χ3n) is 4.97. The Hall–Kier alpha value is -3.53. The average molecular weight is 440 g/mol. The molecule has 160 valence electrons. The fourth-order valence-electron chi connectivity index (χ4n) is 3.66. The Morgan fingerprint density at radius 2 is 2.03 bits per heavy atom. The van der Waals surface area contributed by atoms with E-state index in [-0.39, 0.29) is 19.1 Å². The Balaban J connectivity index is 1.54. The van der Waals surface area contributed by atoms with E-state index in [0.717, 1.165) is 9.44 Å². The fraction of sp³-hybridized carbons (Fsp3) is 0.286. The van der Waals surface area contributed by atoms with Crippen LogP contribution in [0.25, 0.3) is 10.2 Å². The molecule has 10 heteroatoms. The molecule has 1 unspecified atom stereocenters. The zero-order valence-electron chi connectivity index (χ0n) is 16.7. The Labute approximate surface area is 181 Å². The Kier molecular flexibility index (Phi) is 5.81. The molecule has 0 saturated carbocycles. The van der Waals surface area contributed by atoms with Gasteiger partial charge in [0.2, 0.25) is 5.91 Å². The van der Waals surface area contributed by atoms with Crippen molar-refractivity contribution in [1.29, 1.82) is 0 Å². The molecule has 2 aromatic heterocycles. The highest BCUT2D eigenvalue weighted by Crippen LogP contribution is 2.42. The summed E-state index contributed by atoms with van der Waals surface area (Å²) >= 11 is 1.38. The van der Waals surface area contributed by atoms with Crippen molar-refractivity contribution in [2.24, 2.45) is 0 Å². The number of fused-ring (bicyclic) bond motifs is 3. The number of imide groups is 1. The van der Waals surface area contributed by atoms with E-state index in [9.17, 15) is 19.2 Å². The van der Waals surface area contributed by atoms with Gasteiger partial charge in [-0.2, -0.15) is 0 Å². The number of aromatic nitrogens is 2. The number of benzene rings is 1. The SMILES string of the molecule is CCOC(=O)C1CCc2sc3ncn(CC(=O)NC(=O)Nc4ccccc4)c(=O)c3c21. The third kappa shape index (κ3) is 4.19. The van der Waals surface area contributed by atoms with E-state index < -0.39 is 23.4 Å².